The van der Waals surface area contributed by atoms with Gasteiger partial charge in [0.1, 0.15) is 5.82 Å². The Hall–Kier alpha value is -2.30. The van der Waals surface area contributed by atoms with Crippen LogP contribution in [-0.4, -0.2) is 26.0 Å². The third-order valence-corrected chi connectivity index (χ3v) is 3.63. The maximum Gasteiger partial charge on any atom is 0.306 e. The highest BCUT2D eigenvalue weighted by Gasteiger charge is 2.25. The first-order chi connectivity index (χ1) is 9.72. The summed E-state index contributed by atoms with van der Waals surface area (Å²) < 4.78 is 0. The van der Waals surface area contributed by atoms with Crippen molar-refractivity contribution in [3.05, 3.63) is 53.4 Å². The lowest BCUT2D eigenvalue weighted by atomic mass is 9.87. The van der Waals surface area contributed by atoms with Gasteiger partial charge >= 0.3 is 5.97 Å². The van der Waals surface area contributed by atoms with Crippen LogP contribution in [0.4, 0.5) is 0 Å². The van der Waals surface area contributed by atoms with E-state index >= 15 is 0 Å². The molecule has 2 heterocycles. The molecule has 102 valence electrons. The van der Waals surface area contributed by atoms with Gasteiger partial charge in [-0.1, -0.05) is 6.07 Å². The van der Waals surface area contributed by atoms with Crippen LogP contribution in [-0.2, 0) is 24.1 Å². The number of aryl methyl sites for hydroxylation is 1. The Kier molecular flexibility index (Phi) is 3.41. The highest BCUT2D eigenvalue weighted by atomic mass is 16.4. The molecule has 0 aliphatic heterocycles. The topological polar surface area (TPSA) is 76.0 Å². The van der Waals surface area contributed by atoms with Crippen LogP contribution >= 0.6 is 0 Å². The average molecular weight is 269 g/mol. The summed E-state index contributed by atoms with van der Waals surface area (Å²) in [6.07, 6.45) is 7.90. The summed E-state index contributed by atoms with van der Waals surface area (Å²) >= 11 is 0. The smallest absolute Gasteiger partial charge is 0.306 e. The Morgan fingerprint density at radius 2 is 2.30 bits per heavy atom. The molecule has 0 saturated heterocycles. The van der Waals surface area contributed by atoms with Gasteiger partial charge in [0.25, 0.3) is 0 Å². The van der Waals surface area contributed by atoms with E-state index in [1.165, 1.54) is 0 Å². The molecule has 2 aromatic heterocycles. The van der Waals surface area contributed by atoms with Crippen molar-refractivity contribution in [2.45, 2.75) is 25.7 Å². The summed E-state index contributed by atoms with van der Waals surface area (Å²) in [4.78, 5) is 24.0. The number of hydrogen-bond acceptors (Lipinski definition) is 4. The molecule has 5 heteroatoms. The van der Waals surface area contributed by atoms with Crippen molar-refractivity contribution in [2.75, 3.05) is 0 Å². The monoisotopic (exact) mass is 269 g/mol. The Balaban J connectivity index is 1.79. The lowest BCUT2D eigenvalue weighted by Crippen LogP contribution is -2.23. The molecule has 0 bridgehead atoms. The van der Waals surface area contributed by atoms with Gasteiger partial charge in [-0.15, -0.1) is 0 Å². The molecule has 1 atom stereocenters. The molecular formula is C15H15N3O2. The molecule has 1 N–H and O–H groups in total. The van der Waals surface area contributed by atoms with Crippen molar-refractivity contribution < 1.29 is 9.90 Å². The maximum absolute atomic E-state index is 11.0. The number of fused-ring (bicyclic) bond motifs is 1. The number of aliphatic carboxylic acids is 1. The molecule has 2 aromatic rings. The van der Waals surface area contributed by atoms with E-state index in [4.69, 9.17) is 5.11 Å². The van der Waals surface area contributed by atoms with Crippen molar-refractivity contribution in [1.29, 1.82) is 0 Å². The second kappa shape index (κ2) is 5.36. The SMILES string of the molecule is O=C(O)C1CCc2nc(Cc3cccnc3)ncc2C1. The van der Waals surface area contributed by atoms with E-state index < -0.39 is 5.97 Å². The van der Waals surface area contributed by atoms with E-state index in [1.807, 2.05) is 18.3 Å². The number of carboxylic acid groups (broad SMARTS) is 1. The van der Waals surface area contributed by atoms with Gasteiger partial charge in [0.2, 0.25) is 0 Å². The van der Waals surface area contributed by atoms with Gasteiger partial charge in [0, 0.05) is 30.7 Å². The van der Waals surface area contributed by atoms with Crippen LogP contribution in [0.1, 0.15) is 29.1 Å². The Bertz CT molecular complexity index is 628. The summed E-state index contributed by atoms with van der Waals surface area (Å²) in [5.41, 5.74) is 3.04. The molecule has 1 aliphatic carbocycles. The Morgan fingerprint density at radius 3 is 3.05 bits per heavy atom. The molecule has 1 aliphatic rings. The molecule has 1 unspecified atom stereocenters. The van der Waals surface area contributed by atoms with Crippen LogP contribution < -0.4 is 0 Å². The lowest BCUT2D eigenvalue weighted by Gasteiger charge is -2.20. The summed E-state index contributed by atoms with van der Waals surface area (Å²) in [6.45, 7) is 0. The maximum atomic E-state index is 11.0. The average Bonchev–Trinajstić information content (AvgIpc) is 2.47. The fourth-order valence-corrected chi connectivity index (χ4v) is 2.53. The van der Waals surface area contributed by atoms with E-state index in [1.54, 1.807) is 12.4 Å². The van der Waals surface area contributed by atoms with Crippen molar-refractivity contribution in [3.63, 3.8) is 0 Å². The van der Waals surface area contributed by atoms with E-state index in [0.717, 1.165) is 29.1 Å². The lowest BCUT2D eigenvalue weighted by molar-refractivity contribution is -0.142. The minimum atomic E-state index is -0.727. The summed E-state index contributed by atoms with van der Waals surface area (Å²) in [5, 5.41) is 9.07. The number of carbonyl (C=O) groups is 1. The molecule has 0 saturated carbocycles. The fraction of sp³-hybridized carbons (Fsp3) is 0.333. The molecule has 5 nitrogen and oxygen atoms in total. The van der Waals surface area contributed by atoms with E-state index in [2.05, 4.69) is 15.0 Å². The molecule has 0 fully saturated rings. The standard InChI is InChI=1S/C15H15N3O2/c19-15(20)11-3-4-13-12(7-11)9-17-14(18-13)6-10-2-1-5-16-8-10/h1-2,5,8-9,11H,3-4,6-7H2,(H,19,20). The normalized spacial score (nSPS) is 17.5. The largest absolute Gasteiger partial charge is 0.481 e. The molecular weight excluding hydrogens is 254 g/mol. The van der Waals surface area contributed by atoms with Crippen molar-refractivity contribution >= 4 is 5.97 Å². The van der Waals surface area contributed by atoms with Crippen LogP contribution in [0.5, 0.6) is 0 Å². The zero-order valence-corrected chi connectivity index (χ0v) is 11.0. The van der Waals surface area contributed by atoms with Gasteiger partial charge in [-0.2, -0.15) is 0 Å². The number of rotatable bonds is 3. The predicted octanol–water partition coefficient (Wildman–Crippen LogP) is 1.65. The first kappa shape index (κ1) is 12.7. The quantitative estimate of drug-likeness (QED) is 0.917. The van der Waals surface area contributed by atoms with Gasteiger partial charge in [0.05, 0.1) is 5.92 Å². The Morgan fingerprint density at radius 1 is 1.40 bits per heavy atom. The van der Waals surface area contributed by atoms with E-state index in [9.17, 15) is 4.79 Å². The van der Waals surface area contributed by atoms with Crippen LogP contribution in [0.3, 0.4) is 0 Å². The fourth-order valence-electron chi connectivity index (χ4n) is 2.53. The number of aromatic nitrogens is 3. The first-order valence-corrected chi connectivity index (χ1v) is 6.68. The molecule has 0 radical (unpaired) electrons. The van der Waals surface area contributed by atoms with Gasteiger partial charge in [-0.05, 0) is 36.5 Å². The van der Waals surface area contributed by atoms with E-state index in [0.29, 0.717) is 19.3 Å². The predicted molar refractivity (Wildman–Crippen MR) is 72.2 cm³/mol. The van der Waals surface area contributed by atoms with Gasteiger partial charge in [-0.3, -0.25) is 9.78 Å². The molecule has 0 spiro atoms. The van der Waals surface area contributed by atoms with Crippen molar-refractivity contribution in [1.82, 2.24) is 15.0 Å². The van der Waals surface area contributed by atoms with Gasteiger partial charge in [0.15, 0.2) is 0 Å². The highest BCUT2D eigenvalue weighted by molar-refractivity contribution is 5.70. The molecule has 0 aromatic carbocycles. The summed E-state index contributed by atoms with van der Waals surface area (Å²) in [5.74, 6) is -0.254. The zero-order valence-electron chi connectivity index (χ0n) is 11.0. The van der Waals surface area contributed by atoms with E-state index in [-0.39, 0.29) is 5.92 Å². The summed E-state index contributed by atoms with van der Waals surface area (Å²) in [7, 11) is 0. The van der Waals surface area contributed by atoms with Crippen LogP contribution in [0.2, 0.25) is 0 Å². The zero-order chi connectivity index (χ0) is 13.9. The number of carboxylic acids is 1. The Labute approximate surface area is 116 Å². The minimum absolute atomic E-state index is 0.296. The van der Waals surface area contributed by atoms with Crippen molar-refractivity contribution in [2.24, 2.45) is 5.92 Å². The molecule has 20 heavy (non-hydrogen) atoms. The third-order valence-electron chi connectivity index (χ3n) is 3.63. The van der Waals surface area contributed by atoms with Gasteiger partial charge < -0.3 is 5.11 Å². The molecule has 3 rings (SSSR count). The second-order valence-corrected chi connectivity index (χ2v) is 5.07. The van der Waals surface area contributed by atoms with Gasteiger partial charge in [-0.25, -0.2) is 9.97 Å². The van der Waals surface area contributed by atoms with Crippen molar-refractivity contribution in [3.8, 4) is 0 Å². The minimum Gasteiger partial charge on any atom is -0.481 e. The number of hydrogen-bond donors (Lipinski definition) is 1. The third kappa shape index (κ3) is 2.66. The number of nitrogens with zero attached hydrogens (tertiary/aromatic N) is 3. The second-order valence-electron chi connectivity index (χ2n) is 5.07. The first-order valence-electron chi connectivity index (χ1n) is 6.68. The van der Waals surface area contributed by atoms with Crippen LogP contribution in [0.15, 0.2) is 30.7 Å². The van der Waals surface area contributed by atoms with Crippen LogP contribution in [0.25, 0.3) is 0 Å². The number of pyridine rings is 1. The molecule has 0 amide bonds. The highest BCUT2D eigenvalue weighted by Crippen LogP contribution is 2.24. The van der Waals surface area contributed by atoms with Crippen LogP contribution in [0, 0.1) is 5.92 Å². The summed E-state index contributed by atoms with van der Waals surface area (Å²) in [6, 6.07) is 3.89.